The Morgan fingerprint density at radius 2 is 1.78 bits per heavy atom. The van der Waals surface area contributed by atoms with Gasteiger partial charge in [-0.15, -0.1) is 0 Å². The van der Waals surface area contributed by atoms with Crippen molar-refractivity contribution in [3.8, 4) is 0 Å². The Hall–Kier alpha value is -1.00. The van der Waals surface area contributed by atoms with Crippen molar-refractivity contribution in [2.45, 2.75) is 25.8 Å². The first-order valence-corrected chi connectivity index (χ1v) is 6.34. The van der Waals surface area contributed by atoms with E-state index in [1.54, 1.807) is 0 Å². The third-order valence-corrected chi connectivity index (χ3v) is 2.82. The van der Waals surface area contributed by atoms with Crippen LogP contribution in [0.5, 0.6) is 0 Å². The van der Waals surface area contributed by atoms with Crippen LogP contribution in [0.1, 0.15) is 18.9 Å². The van der Waals surface area contributed by atoms with Gasteiger partial charge in [0.1, 0.15) is 11.6 Å². The molecule has 1 rings (SSSR count). The lowest BCUT2D eigenvalue weighted by Gasteiger charge is -2.20. The molecule has 0 amide bonds. The van der Waals surface area contributed by atoms with E-state index in [-0.39, 0.29) is 6.04 Å². The van der Waals surface area contributed by atoms with E-state index in [4.69, 9.17) is 0 Å². The summed E-state index contributed by atoms with van der Waals surface area (Å²) < 4.78 is 26.2. The molecule has 1 atom stereocenters. The lowest BCUT2D eigenvalue weighted by atomic mass is 10.0. The number of hydrogen-bond acceptors (Lipinski definition) is 2. The van der Waals surface area contributed by atoms with Gasteiger partial charge in [-0.1, -0.05) is 6.92 Å². The molecule has 0 aromatic heterocycles. The largest absolute Gasteiger partial charge is 0.314 e. The fourth-order valence-electron chi connectivity index (χ4n) is 1.99. The molecule has 4 heteroatoms. The average molecular weight is 256 g/mol. The van der Waals surface area contributed by atoms with Crippen LogP contribution in [0.4, 0.5) is 8.78 Å². The van der Waals surface area contributed by atoms with Crippen molar-refractivity contribution in [1.29, 1.82) is 0 Å². The number of benzene rings is 1. The van der Waals surface area contributed by atoms with Crippen molar-refractivity contribution in [3.63, 3.8) is 0 Å². The van der Waals surface area contributed by atoms with Gasteiger partial charge in [-0.2, -0.15) is 0 Å². The average Bonchev–Trinajstić information content (AvgIpc) is 2.24. The Morgan fingerprint density at radius 3 is 2.28 bits per heavy atom. The number of halogens is 2. The van der Waals surface area contributed by atoms with E-state index >= 15 is 0 Å². The van der Waals surface area contributed by atoms with Crippen molar-refractivity contribution >= 4 is 0 Å². The molecule has 1 N–H and O–H groups in total. The SMILES string of the molecule is CCNC(CCN(C)C)Cc1cc(F)cc(F)c1. The molecule has 0 aliphatic heterocycles. The molecule has 0 radical (unpaired) electrons. The summed E-state index contributed by atoms with van der Waals surface area (Å²) in [6.45, 7) is 3.85. The van der Waals surface area contributed by atoms with Gasteiger partial charge in [0, 0.05) is 12.1 Å². The number of rotatable bonds is 7. The molecule has 102 valence electrons. The van der Waals surface area contributed by atoms with Crippen molar-refractivity contribution in [1.82, 2.24) is 10.2 Å². The molecular formula is C14H22F2N2. The highest BCUT2D eigenvalue weighted by Crippen LogP contribution is 2.11. The summed E-state index contributed by atoms with van der Waals surface area (Å²) in [5.41, 5.74) is 0.706. The van der Waals surface area contributed by atoms with E-state index in [2.05, 4.69) is 10.2 Å². The monoisotopic (exact) mass is 256 g/mol. The number of nitrogens with zero attached hydrogens (tertiary/aromatic N) is 1. The molecule has 18 heavy (non-hydrogen) atoms. The molecule has 0 bridgehead atoms. The molecule has 0 aliphatic carbocycles. The van der Waals surface area contributed by atoms with E-state index in [1.165, 1.54) is 12.1 Å². The Bertz CT molecular complexity index is 347. The first kappa shape index (κ1) is 15.1. The van der Waals surface area contributed by atoms with E-state index in [9.17, 15) is 8.78 Å². The van der Waals surface area contributed by atoms with E-state index in [0.29, 0.717) is 12.0 Å². The predicted molar refractivity (Wildman–Crippen MR) is 70.7 cm³/mol. The highest BCUT2D eigenvalue weighted by Gasteiger charge is 2.10. The van der Waals surface area contributed by atoms with Gasteiger partial charge in [-0.05, 0) is 57.7 Å². The summed E-state index contributed by atoms with van der Waals surface area (Å²) in [6.07, 6.45) is 1.61. The van der Waals surface area contributed by atoms with Gasteiger partial charge in [0.05, 0.1) is 0 Å². The summed E-state index contributed by atoms with van der Waals surface area (Å²) in [6, 6.07) is 3.97. The zero-order valence-electron chi connectivity index (χ0n) is 11.3. The van der Waals surface area contributed by atoms with E-state index < -0.39 is 11.6 Å². The maximum absolute atomic E-state index is 13.1. The third-order valence-electron chi connectivity index (χ3n) is 2.82. The first-order chi connectivity index (χ1) is 8.51. The molecule has 1 aromatic rings. The molecule has 0 fully saturated rings. The van der Waals surface area contributed by atoms with E-state index in [1.807, 2.05) is 21.0 Å². The minimum absolute atomic E-state index is 0.249. The second-order valence-electron chi connectivity index (χ2n) is 4.83. The normalized spacial score (nSPS) is 13.0. The standard InChI is InChI=1S/C14H22F2N2/c1-4-17-14(5-6-18(2)3)9-11-7-12(15)10-13(16)8-11/h7-8,10,14,17H,4-6,9H2,1-3H3. The molecule has 1 aromatic carbocycles. The Balaban J connectivity index is 2.63. The second kappa shape index (κ2) is 7.44. The topological polar surface area (TPSA) is 15.3 Å². The van der Waals surface area contributed by atoms with Crippen LogP contribution in [0.15, 0.2) is 18.2 Å². The van der Waals surface area contributed by atoms with Gasteiger partial charge in [0.15, 0.2) is 0 Å². The Morgan fingerprint density at radius 1 is 1.17 bits per heavy atom. The summed E-state index contributed by atoms with van der Waals surface area (Å²) >= 11 is 0. The van der Waals surface area contributed by atoms with Gasteiger partial charge < -0.3 is 10.2 Å². The maximum Gasteiger partial charge on any atom is 0.126 e. The molecule has 0 aliphatic rings. The molecule has 2 nitrogen and oxygen atoms in total. The lowest BCUT2D eigenvalue weighted by Crippen LogP contribution is -2.34. The third kappa shape index (κ3) is 5.56. The molecular weight excluding hydrogens is 234 g/mol. The smallest absolute Gasteiger partial charge is 0.126 e. The molecule has 0 spiro atoms. The van der Waals surface area contributed by atoms with Crippen LogP contribution < -0.4 is 5.32 Å². The van der Waals surface area contributed by atoms with Gasteiger partial charge in [-0.25, -0.2) is 8.78 Å². The number of hydrogen-bond donors (Lipinski definition) is 1. The minimum atomic E-state index is -0.507. The van der Waals surface area contributed by atoms with Crippen molar-refractivity contribution in [2.24, 2.45) is 0 Å². The van der Waals surface area contributed by atoms with Gasteiger partial charge in [0.2, 0.25) is 0 Å². The highest BCUT2D eigenvalue weighted by molar-refractivity contribution is 5.19. The quantitative estimate of drug-likeness (QED) is 0.806. The van der Waals surface area contributed by atoms with Crippen LogP contribution in [0.25, 0.3) is 0 Å². The Kier molecular flexibility index (Phi) is 6.22. The van der Waals surface area contributed by atoms with Crippen LogP contribution in [0.2, 0.25) is 0 Å². The number of likely N-dealkylation sites (N-methyl/N-ethyl adjacent to an activating group) is 1. The fraction of sp³-hybridized carbons (Fsp3) is 0.571. The molecule has 0 saturated carbocycles. The van der Waals surface area contributed by atoms with Crippen LogP contribution in [-0.2, 0) is 6.42 Å². The second-order valence-corrected chi connectivity index (χ2v) is 4.83. The first-order valence-electron chi connectivity index (χ1n) is 6.34. The molecule has 1 unspecified atom stereocenters. The van der Waals surface area contributed by atoms with Gasteiger partial charge >= 0.3 is 0 Å². The lowest BCUT2D eigenvalue weighted by molar-refractivity contribution is 0.358. The van der Waals surface area contributed by atoms with Crippen LogP contribution in [0.3, 0.4) is 0 Å². The predicted octanol–water partition coefficient (Wildman–Crippen LogP) is 2.44. The summed E-state index contributed by atoms with van der Waals surface area (Å²) in [4.78, 5) is 2.11. The zero-order chi connectivity index (χ0) is 13.5. The van der Waals surface area contributed by atoms with Crippen molar-refractivity contribution in [2.75, 3.05) is 27.2 Å². The van der Waals surface area contributed by atoms with Crippen molar-refractivity contribution in [3.05, 3.63) is 35.4 Å². The van der Waals surface area contributed by atoms with Crippen molar-refractivity contribution < 1.29 is 8.78 Å². The molecule has 0 heterocycles. The van der Waals surface area contributed by atoms with Gasteiger partial charge in [0.25, 0.3) is 0 Å². The minimum Gasteiger partial charge on any atom is -0.314 e. The van der Waals surface area contributed by atoms with Crippen LogP contribution in [-0.4, -0.2) is 38.1 Å². The Labute approximate surface area is 108 Å². The van der Waals surface area contributed by atoms with Crippen LogP contribution >= 0.6 is 0 Å². The van der Waals surface area contributed by atoms with Gasteiger partial charge in [-0.3, -0.25) is 0 Å². The fourth-order valence-corrected chi connectivity index (χ4v) is 1.99. The molecule has 0 saturated heterocycles. The zero-order valence-corrected chi connectivity index (χ0v) is 11.3. The maximum atomic E-state index is 13.1. The van der Waals surface area contributed by atoms with E-state index in [0.717, 1.165) is 25.6 Å². The summed E-state index contributed by atoms with van der Waals surface area (Å²) in [7, 11) is 4.04. The number of nitrogens with one attached hydrogen (secondary N) is 1. The summed E-state index contributed by atoms with van der Waals surface area (Å²) in [5.74, 6) is -1.01. The summed E-state index contributed by atoms with van der Waals surface area (Å²) in [5, 5.41) is 3.35. The van der Waals surface area contributed by atoms with Crippen LogP contribution in [0, 0.1) is 11.6 Å². The highest BCUT2D eigenvalue weighted by atomic mass is 19.1.